The number of hydrogen-bond donors (Lipinski definition) is 1. The van der Waals surface area contributed by atoms with E-state index in [1.54, 1.807) is 6.07 Å². The third-order valence-corrected chi connectivity index (χ3v) is 16.4. The monoisotopic (exact) mass is 667 g/mol. The molecule has 0 spiro atoms. The first-order valence-electron chi connectivity index (χ1n) is 18.0. The molecule has 0 aliphatic carbocycles. The zero-order valence-corrected chi connectivity index (χ0v) is 30.8. The van der Waals surface area contributed by atoms with Gasteiger partial charge in [-0.25, -0.2) is 0 Å². The first kappa shape index (κ1) is 33.3. The van der Waals surface area contributed by atoms with Gasteiger partial charge >= 0.3 is 0 Å². The number of pyridine rings is 1. The van der Waals surface area contributed by atoms with Gasteiger partial charge in [-0.15, -0.1) is 6.58 Å². The Hall–Kier alpha value is -4.19. The quantitative estimate of drug-likeness (QED) is 0.0966. The Morgan fingerprint density at radius 3 is 2.18 bits per heavy atom. The Kier molecular flexibility index (Phi) is 8.79. The molecule has 4 unspecified atom stereocenters. The van der Waals surface area contributed by atoms with Crippen LogP contribution in [0, 0.1) is 11.8 Å². The van der Waals surface area contributed by atoms with Crippen LogP contribution in [0.2, 0.25) is 18.1 Å². The molecule has 3 saturated heterocycles. The number of rotatable bonds is 9. The third kappa shape index (κ3) is 6.47. The van der Waals surface area contributed by atoms with Gasteiger partial charge in [0.15, 0.2) is 0 Å². The molecule has 8 rings (SSSR count). The van der Waals surface area contributed by atoms with Crippen LogP contribution >= 0.6 is 0 Å². The molecule has 1 aromatic heterocycles. The van der Waals surface area contributed by atoms with Gasteiger partial charge in [-0.2, -0.15) is 0 Å². The lowest BCUT2D eigenvalue weighted by Crippen LogP contribution is -2.66. The van der Waals surface area contributed by atoms with Crippen LogP contribution in [0.15, 0.2) is 116 Å². The molecule has 4 atom stereocenters. The number of phenolic OH excluding ortho intramolecular Hbond substituents is 1. The molecule has 5 aromatic rings. The van der Waals surface area contributed by atoms with E-state index < -0.39 is 8.32 Å². The van der Waals surface area contributed by atoms with E-state index in [1.807, 2.05) is 18.3 Å². The second-order valence-electron chi connectivity index (χ2n) is 16.1. The van der Waals surface area contributed by atoms with Crippen molar-refractivity contribution >= 4 is 19.2 Å². The van der Waals surface area contributed by atoms with Crippen LogP contribution < -0.4 is 4.43 Å². The molecule has 49 heavy (non-hydrogen) atoms. The van der Waals surface area contributed by atoms with Gasteiger partial charge in [-0.05, 0) is 77.1 Å². The minimum Gasteiger partial charge on any atom is -0.543 e. The van der Waals surface area contributed by atoms with E-state index in [0.29, 0.717) is 23.6 Å². The summed E-state index contributed by atoms with van der Waals surface area (Å²) in [6.07, 6.45) is 7.54. The van der Waals surface area contributed by atoms with Crippen molar-refractivity contribution in [1.82, 2.24) is 4.98 Å². The summed E-state index contributed by atoms with van der Waals surface area (Å²) >= 11 is 0. The zero-order chi connectivity index (χ0) is 34.4. The Morgan fingerprint density at radius 1 is 0.918 bits per heavy atom. The molecule has 0 radical (unpaired) electrons. The smallest absolute Gasteiger partial charge is 0.250 e. The van der Waals surface area contributed by atoms with Crippen molar-refractivity contribution in [2.24, 2.45) is 11.8 Å². The number of quaternary nitrogens is 1. The fourth-order valence-corrected chi connectivity index (χ4v) is 9.30. The van der Waals surface area contributed by atoms with Gasteiger partial charge in [0.05, 0.1) is 24.6 Å². The van der Waals surface area contributed by atoms with Gasteiger partial charge in [0.1, 0.15) is 18.0 Å². The van der Waals surface area contributed by atoms with Gasteiger partial charge < -0.3 is 14.0 Å². The van der Waals surface area contributed by atoms with E-state index in [-0.39, 0.29) is 5.04 Å². The van der Waals surface area contributed by atoms with Crippen molar-refractivity contribution in [3.8, 4) is 33.8 Å². The number of piperidine rings is 3. The van der Waals surface area contributed by atoms with Gasteiger partial charge in [0, 0.05) is 53.5 Å². The van der Waals surface area contributed by atoms with E-state index in [2.05, 4.69) is 130 Å². The summed E-state index contributed by atoms with van der Waals surface area (Å²) in [5.41, 5.74) is 8.31. The fraction of sp³-hybridized carbons (Fsp3) is 0.341. The standard InChI is InChI=1S/C44H50N2O2Si/c1-7-32-30-46(23-21-35(32)26-37(46)27-36-20-22-45-42-19-18-38(47)28-39(36)42)29-31-24-40(33-14-10-8-11-15-33)43(48-49(5,6)44(2,3)4)41(25-31)34-16-12-9-13-17-34/h7-20,22,24-25,28,32,35,37H,1,21,23,26-27,29-30H2,2-6H3/p+1. The maximum absolute atomic E-state index is 10.4. The summed E-state index contributed by atoms with van der Waals surface area (Å²) in [6, 6.07) is 34.7. The lowest BCUT2D eigenvalue weighted by molar-refractivity contribution is -0.981. The van der Waals surface area contributed by atoms with Crippen LogP contribution in [0.3, 0.4) is 0 Å². The van der Waals surface area contributed by atoms with E-state index >= 15 is 0 Å². The summed E-state index contributed by atoms with van der Waals surface area (Å²) in [5, 5.41) is 11.5. The second kappa shape index (κ2) is 12.9. The molecule has 4 heterocycles. The van der Waals surface area contributed by atoms with E-state index in [9.17, 15) is 5.11 Å². The molecule has 1 N–H and O–H groups in total. The van der Waals surface area contributed by atoms with E-state index in [1.165, 1.54) is 46.2 Å². The molecule has 2 bridgehead atoms. The molecule has 4 aromatic carbocycles. The number of aromatic hydroxyl groups is 1. The maximum atomic E-state index is 10.4. The van der Waals surface area contributed by atoms with Crippen molar-refractivity contribution in [3.63, 3.8) is 0 Å². The lowest BCUT2D eigenvalue weighted by atomic mass is 9.71. The van der Waals surface area contributed by atoms with Gasteiger partial charge in [0.25, 0.3) is 8.32 Å². The number of benzene rings is 4. The summed E-state index contributed by atoms with van der Waals surface area (Å²) in [6.45, 7) is 19.2. The van der Waals surface area contributed by atoms with Crippen LogP contribution in [0.5, 0.6) is 11.5 Å². The highest BCUT2D eigenvalue weighted by Gasteiger charge is 2.51. The molecular weight excluding hydrogens is 617 g/mol. The average molecular weight is 668 g/mol. The molecule has 3 fully saturated rings. The Bertz CT molecular complexity index is 1910. The van der Waals surface area contributed by atoms with Crippen LogP contribution in [0.25, 0.3) is 33.2 Å². The average Bonchev–Trinajstić information content (AvgIpc) is 3.09. The van der Waals surface area contributed by atoms with Crippen LogP contribution in [0.1, 0.15) is 44.7 Å². The molecule has 0 saturated carbocycles. The normalized spacial score (nSPS) is 22.3. The molecule has 5 heteroatoms. The topological polar surface area (TPSA) is 42.4 Å². The molecule has 3 aliphatic rings. The maximum Gasteiger partial charge on any atom is 0.250 e. The number of phenols is 1. The highest BCUT2D eigenvalue weighted by atomic mass is 28.4. The number of nitrogens with zero attached hydrogens (tertiary/aromatic N) is 2. The van der Waals surface area contributed by atoms with E-state index in [4.69, 9.17) is 4.43 Å². The fourth-order valence-electron chi connectivity index (χ4n) is 8.26. The first-order valence-corrected chi connectivity index (χ1v) is 20.9. The Labute approximate surface area is 293 Å². The predicted molar refractivity (Wildman–Crippen MR) is 206 cm³/mol. The van der Waals surface area contributed by atoms with Gasteiger partial charge in [0.2, 0.25) is 0 Å². The lowest BCUT2D eigenvalue weighted by Gasteiger charge is -2.57. The second-order valence-corrected chi connectivity index (χ2v) is 20.8. The zero-order valence-electron chi connectivity index (χ0n) is 29.8. The summed E-state index contributed by atoms with van der Waals surface area (Å²) < 4.78 is 8.36. The first-order chi connectivity index (χ1) is 23.5. The number of hydrogen-bond acceptors (Lipinski definition) is 3. The van der Waals surface area contributed by atoms with E-state index in [0.717, 1.165) is 47.2 Å². The summed E-state index contributed by atoms with van der Waals surface area (Å²) in [4.78, 5) is 4.62. The van der Waals surface area contributed by atoms with Crippen molar-refractivity contribution < 1.29 is 14.0 Å². The molecular formula is C44H51N2O2Si+. The van der Waals surface area contributed by atoms with Crippen molar-refractivity contribution in [2.45, 2.75) is 70.8 Å². The number of aromatic nitrogens is 1. The molecule has 4 nitrogen and oxygen atoms in total. The molecule has 252 valence electrons. The Balaban J connectivity index is 1.37. The summed E-state index contributed by atoms with van der Waals surface area (Å²) in [5.74, 6) is 2.49. The highest BCUT2D eigenvalue weighted by Crippen LogP contribution is 2.48. The Morgan fingerprint density at radius 2 is 1.57 bits per heavy atom. The van der Waals surface area contributed by atoms with Crippen LogP contribution in [0.4, 0.5) is 0 Å². The minimum atomic E-state index is -2.18. The molecule has 0 amide bonds. The predicted octanol–water partition coefficient (Wildman–Crippen LogP) is 10.8. The van der Waals surface area contributed by atoms with Crippen molar-refractivity contribution in [3.05, 3.63) is 127 Å². The van der Waals surface area contributed by atoms with Crippen LogP contribution in [-0.4, -0.2) is 42.0 Å². The highest BCUT2D eigenvalue weighted by molar-refractivity contribution is 6.74. The summed E-state index contributed by atoms with van der Waals surface area (Å²) in [7, 11) is -2.18. The van der Waals surface area contributed by atoms with Crippen molar-refractivity contribution in [1.29, 1.82) is 0 Å². The van der Waals surface area contributed by atoms with Crippen LogP contribution in [-0.2, 0) is 13.0 Å². The molecule has 3 aliphatic heterocycles. The third-order valence-electron chi connectivity index (χ3n) is 12.0. The van der Waals surface area contributed by atoms with Gasteiger partial charge in [-0.3, -0.25) is 4.98 Å². The SMILES string of the molecule is C=CC1C[N+]2(Cc3cc(-c4ccccc4)c(O[Si](C)(C)C(C)(C)C)c(-c4ccccc4)c3)CCC1CC2Cc1ccnc2ccc(O)cc12. The number of fused-ring (bicyclic) bond motifs is 4. The van der Waals surface area contributed by atoms with Gasteiger partial charge in [-0.1, -0.05) is 87.5 Å². The van der Waals surface area contributed by atoms with Crippen molar-refractivity contribution in [2.75, 3.05) is 13.1 Å². The minimum absolute atomic E-state index is 0.0605. The largest absolute Gasteiger partial charge is 0.543 e.